The Morgan fingerprint density at radius 3 is 2.43 bits per heavy atom. The maximum atomic E-state index is 12.2. The van der Waals surface area contributed by atoms with Gasteiger partial charge in [0.2, 0.25) is 10.0 Å². The number of nitrogen functional groups attached to an aromatic ring is 1. The molecule has 0 atom stereocenters. The van der Waals surface area contributed by atoms with Crippen LogP contribution in [0.2, 0.25) is 5.02 Å². The van der Waals surface area contributed by atoms with Gasteiger partial charge in [-0.05, 0) is 85.4 Å². The van der Waals surface area contributed by atoms with Gasteiger partial charge in [0, 0.05) is 23.2 Å². The van der Waals surface area contributed by atoms with E-state index in [1.165, 1.54) is 23.9 Å². The minimum atomic E-state index is -3.41. The number of piperidine rings is 1. The van der Waals surface area contributed by atoms with Gasteiger partial charge in [-0.2, -0.15) is 5.10 Å². The molecule has 0 unspecified atom stereocenters. The number of hydrogen-bond acceptors (Lipinski definition) is 8. The number of hydrogen-bond donors (Lipinski definition) is 2. The molecule has 1 saturated heterocycles. The first-order valence-electron chi connectivity index (χ1n) is 14.2. The lowest BCUT2D eigenvalue weighted by molar-refractivity contribution is 0.379. The van der Waals surface area contributed by atoms with E-state index in [1.54, 1.807) is 31.4 Å². The van der Waals surface area contributed by atoms with Crippen LogP contribution in [0.3, 0.4) is 0 Å². The lowest BCUT2D eigenvalue weighted by Crippen LogP contribution is -2.27. The molecule has 0 radical (unpaired) electrons. The lowest BCUT2D eigenvalue weighted by atomic mass is 9.84. The number of anilines is 2. The first kappa shape index (κ1) is 29.7. The van der Waals surface area contributed by atoms with Gasteiger partial charge in [0.15, 0.2) is 17.3 Å². The third-order valence-corrected chi connectivity index (χ3v) is 9.46. The van der Waals surface area contributed by atoms with E-state index >= 15 is 0 Å². The monoisotopic (exact) mass is 632 g/mol. The number of methoxy groups -OCH3 is 1. The first-order valence-corrected chi connectivity index (χ1v) is 16.4. The molecule has 0 spiro atoms. The fourth-order valence-electron chi connectivity index (χ4n) is 5.79. The number of ether oxygens (including phenoxy) is 2. The zero-order valence-corrected chi connectivity index (χ0v) is 26.2. The number of nitrogens with one attached hydrogen (secondary N) is 1. The molecule has 0 amide bonds. The third-order valence-electron chi connectivity index (χ3n) is 8.02. The molecule has 0 aliphatic carbocycles. The molecule has 10 nitrogen and oxygen atoms in total. The summed E-state index contributed by atoms with van der Waals surface area (Å²) in [6.07, 6.45) is 4.48. The van der Waals surface area contributed by atoms with Crippen LogP contribution in [-0.4, -0.2) is 56.5 Å². The molecule has 3 heterocycles. The van der Waals surface area contributed by atoms with E-state index in [1.807, 2.05) is 47.0 Å². The average molecular weight is 633 g/mol. The standard InChI is InChI=1S/C32H33ClN6O4S/c1-38(44(3,40)41)24-10-7-21(8-11-24)30-28(20-13-15-35-16-14-20)29(31-32(34)36-19-37-39(30)31)22-9-12-26(27(17-22)42-2)43-25-6-4-5-23(33)18-25/h4-12,17-20,35H,13-16H2,1-3H3,(H2,34,36,37). The minimum Gasteiger partial charge on any atom is -0.493 e. The summed E-state index contributed by atoms with van der Waals surface area (Å²) in [5.41, 5.74) is 12.5. The van der Waals surface area contributed by atoms with Crippen LogP contribution in [0.5, 0.6) is 17.2 Å². The fourth-order valence-corrected chi connectivity index (χ4v) is 6.48. The molecular weight excluding hydrogens is 600 g/mol. The van der Waals surface area contributed by atoms with Crippen LogP contribution in [-0.2, 0) is 10.0 Å². The number of sulfonamides is 1. The van der Waals surface area contributed by atoms with Crippen molar-refractivity contribution >= 4 is 38.6 Å². The summed E-state index contributed by atoms with van der Waals surface area (Å²) in [6, 6.07) is 20.5. The predicted molar refractivity (Wildman–Crippen MR) is 174 cm³/mol. The van der Waals surface area contributed by atoms with E-state index in [4.69, 9.17) is 26.8 Å². The Labute approximate surface area is 261 Å². The van der Waals surface area contributed by atoms with Gasteiger partial charge in [-0.1, -0.05) is 35.9 Å². The third kappa shape index (κ3) is 5.66. The number of nitrogens with zero attached hydrogens (tertiary/aromatic N) is 4. The van der Waals surface area contributed by atoms with Crippen molar-refractivity contribution in [1.82, 2.24) is 19.9 Å². The molecular formula is C32H33ClN6O4S. The zero-order valence-electron chi connectivity index (χ0n) is 24.6. The average Bonchev–Trinajstić information content (AvgIpc) is 3.37. The molecule has 6 rings (SSSR count). The lowest BCUT2D eigenvalue weighted by Gasteiger charge is -2.25. The number of fused-ring (bicyclic) bond motifs is 1. The fraction of sp³-hybridized carbons (Fsp3) is 0.250. The number of nitrogens with two attached hydrogens (primary N) is 1. The van der Waals surface area contributed by atoms with Gasteiger partial charge in [0.05, 0.1) is 24.7 Å². The molecule has 1 fully saturated rings. The van der Waals surface area contributed by atoms with E-state index in [9.17, 15) is 8.42 Å². The van der Waals surface area contributed by atoms with Crippen molar-refractivity contribution in [3.8, 4) is 39.6 Å². The Bertz CT molecular complexity index is 1940. The maximum absolute atomic E-state index is 12.2. The predicted octanol–water partition coefficient (Wildman–Crippen LogP) is 5.96. The molecule has 0 saturated carbocycles. The van der Waals surface area contributed by atoms with E-state index < -0.39 is 10.0 Å². The first-order chi connectivity index (χ1) is 21.2. The second kappa shape index (κ2) is 12.0. The topological polar surface area (TPSA) is 124 Å². The SMILES string of the molecule is COc1cc(-c2c(C3CCNCC3)c(-c3ccc(N(C)S(C)(=O)=O)cc3)n3ncnc(N)c23)ccc1Oc1cccc(Cl)c1. The smallest absolute Gasteiger partial charge is 0.231 e. The summed E-state index contributed by atoms with van der Waals surface area (Å²) >= 11 is 6.18. The van der Waals surface area contributed by atoms with Crippen molar-refractivity contribution in [2.45, 2.75) is 18.8 Å². The molecule has 3 aromatic carbocycles. The van der Waals surface area contributed by atoms with Gasteiger partial charge in [0.25, 0.3) is 0 Å². The van der Waals surface area contributed by atoms with Crippen molar-refractivity contribution < 1.29 is 17.9 Å². The number of halogens is 1. The van der Waals surface area contributed by atoms with Crippen molar-refractivity contribution in [2.75, 3.05) is 43.5 Å². The van der Waals surface area contributed by atoms with Gasteiger partial charge in [0.1, 0.15) is 17.6 Å². The Kier molecular flexibility index (Phi) is 8.10. The molecule has 228 valence electrons. The Hall–Kier alpha value is -4.32. The molecule has 3 N–H and O–H groups in total. The largest absolute Gasteiger partial charge is 0.493 e. The quantitative estimate of drug-likeness (QED) is 0.215. The van der Waals surface area contributed by atoms with Crippen LogP contribution in [0, 0.1) is 0 Å². The van der Waals surface area contributed by atoms with Gasteiger partial charge >= 0.3 is 0 Å². The number of aromatic nitrogens is 3. The van der Waals surface area contributed by atoms with Crippen molar-refractivity contribution in [2.24, 2.45) is 0 Å². The van der Waals surface area contributed by atoms with Crippen molar-refractivity contribution in [3.05, 3.63) is 83.6 Å². The summed E-state index contributed by atoms with van der Waals surface area (Å²) < 4.78 is 39.4. The number of rotatable bonds is 8. The second-order valence-corrected chi connectivity index (χ2v) is 13.2. The Balaban J connectivity index is 1.55. The van der Waals surface area contributed by atoms with E-state index in [0.29, 0.717) is 39.3 Å². The van der Waals surface area contributed by atoms with Crippen molar-refractivity contribution in [1.29, 1.82) is 0 Å². The second-order valence-electron chi connectivity index (χ2n) is 10.8. The molecule has 12 heteroatoms. The highest BCUT2D eigenvalue weighted by Crippen LogP contribution is 2.47. The molecule has 5 aromatic rings. The van der Waals surface area contributed by atoms with Gasteiger partial charge in [-0.3, -0.25) is 4.31 Å². The van der Waals surface area contributed by atoms with Gasteiger partial charge in [-0.15, -0.1) is 0 Å². The van der Waals surface area contributed by atoms with Crippen LogP contribution in [0.15, 0.2) is 73.1 Å². The summed E-state index contributed by atoms with van der Waals surface area (Å²) in [5.74, 6) is 2.24. The highest BCUT2D eigenvalue weighted by molar-refractivity contribution is 7.92. The van der Waals surface area contributed by atoms with E-state index in [0.717, 1.165) is 53.9 Å². The number of benzene rings is 3. The van der Waals surface area contributed by atoms with E-state index in [-0.39, 0.29) is 5.92 Å². The maximum Gasteiger partial charge on any atom is 0.231 e. The van der Waals surface area contributed by atoms with Crippen LogP contribution in [0.4, 0.5) is 11.5 Å². The van der Waals surface area contributed by atoms with Crippen LogP contribution >= 0.6 is 11.6 Å². The summed E-state index contributed by atoms with van der Waals surface area (Å²) in [4.78, 5) is 4.37. The minimum absolute atomic E-state index is 0.203. The van der Waals surface area contributed by atoms with Crippen LogP contribution in [0.1, 0.15) is 24.3 Å². The highest BCUT2D eigenvalue weighted by Gasteiger charge is 2.30. The molecule has 0 bridgehead atoms. The van der Waals surface area contributed by atoms with Gasteiger partial charge in [-0.25, -0.2) is 17.9 Å². The van der Waals surface area contributed by atoms with Gasteiger partial charge < -0.3 is 20.5 Å². The Morgan fingerprint density at radius 2 is 1.75 bits per heavy atom. The molecule has 44 heavy (non-hydrogen) atoms. The summed E-state index contributed by atoms with van der Waals surface area (Å²) in [5, 5.41) is 8.72. The molecule has 1 aliphatic heterocycles. The van der Waals surface area contributed by atoms with Crippen molar-refractivity contribution in [3.63, 3.8) is 0 Å². The van der Waals surface area contributed by atoms with E-state index in [2.05, 4.69) is 15.4 Å². The Morgan fingerprint density at radius 1 is 1.02 bits per heavy atom. The molecule has 1 aliphatic rings. The highest BCUT2D eigenvalue weighted by atomic mass is 35.5. The van der Waals surface area contributed by atoms with Crippen LogP contribution < -0.4 is 24.8 Å². The normalized spacial score (nSPS) is 14.1. The summed E-state index contributed by atoms with van der Waals surface area (Å²) in [7, 11) is -0.265. The van der Waals surface area contributed by atoms with Crippen LogP contribution in [0.25, 0.3) is 27.9 Å². The zero-order chi connectivity index (χ0) is 31.0. The molecule has 2 aromatic heterocycles. The summed E-state index contributed by atoms with van der Waals surface area (Å²) in [6.45, 7) is 1.76.